The lowest BCUT2D eigenvalue weighted by molar-refractivity contribution is 0.0520. The van der Waals surface area contributed by atoms with Gasteiger partial charge < -0.3 is 10.5 Å². The molecule has 0 amide bonds. The average Bonchev–Trinajstić information content (AvgIpc) is 2.72. The molecule has 0 fully saturated rings. The van der Waals surface area contributed by atoms with Crippen molar-refractivity contribution in [1.82, 2.24) is 19.7 Å². The number of hydrogen-bond acceptors (Lipinski definition) is 6. The molecule has 18 heavy (non-hydrogen) atoms. The van der Waals surface area contributed by atoms with Gasteiger partial charge in [0.2, 0.25) is 0 Å². The number of ether oxygens (including phenoxy) is 1. The summed E-state index contributed by atoms with van der Waals surface area (Å²) in [6, 6.07) is 0. The second-order valence-corrected chi connectivity index (χ2v) is 3.56. The van der Waals surface area contributed by atoms with Gasteiger partial charge in [0, 0.05) is 12.4 Å². The van der Waals surface area contributed by atoms with Crippen LogP contribution < -0.4 is 5.73 Å². The molecule has 94 valence electrons. The predicted octanol–water partition coefficient (Wildman–Crippen LogP) is 0.730. The number of nitrogens with zero attached hydrogens (tertiary/aromatic N) is 4. The molecule has 0 saturated heterocycles. The Balaban J connectivity index is 2.41. The Bertz CT molecular complexity index is 579. The standard InChI is InChI=1S/C11H13N5O2/c1-3-18-11(17)9-8(12)6-16(15-9)10-7(2)13-4-5-14-10/h4-6H,3,12H2,1-2H3. The molecule has 2 N–H and O–H groups in total. The minimum absolute atomic E-state index is 0.0851. The molecule has 0 saturated carbocycles. The summed E-state index contributed by atoms with van der Waals surface area (Å²) in [6.45, 7) is 3.79. The van der Waals surface area contributed by atoms with Crippen LogP contribution in [0.25, 0.3) is 5.82 Å². The molecule has 7 heteroatoms. The number of anilines is 1. The fraction of sp³-hybridized carbons (Fsp3) is 0.273. The fourth-order valence-electron chi connectivity index (χ4n) is 1.48. The zero-order chi connectivity index (χ0) is 13.1. The zero-order valence-electron chi connectivity index (χ0n) is 10.1. The molecular weight excluding hydrogens is 234 g/mol. The first kappa shape index (κ1) is 12.0. The summed E-state index contributed by atoms with van der Waals surface area (Å²) in [5.41, 5.74) is 6.75. The van der Waals surface area contributed by atoms with E-state index < -0.39 is 5.97 Å². The molecule has 0 aliphatic carbocycles. The van der Waals surface area contributed by atoms with Crippen molar-refractivity contribution >= 4 is 11.7 Å². The highest BCUT2D eigenvalue weighted by atomic mass is 16.5. The number of esters is 1. The van der Waals surface area contributed by atoms with Crippen molar-refractivity contribution in [2.24, 2.45) is 0 Å². The van der Waals surface area contributed by atoms with Crippen molar-refractivity contribution in [3.05, 3.63) is 30.0 Å². The van der Waals surface area contributed by atoms with E-state index in [0.717, 1.165) is 0 Å². The Morgan fingerprint density at radius 2 is 2.17 bits per heavy atom. The molecule has 0 radical (unpaired) electrons. The first-order chi connectivity index (χ1) is 8.63. The summed E-state index contributed by atoms with van der Waals surface area (Å²) < 4.78 is 6.28. The van der Waals surface area contributed by atoms with Gasteiger partial charge in [-0.15, -0.1) is 0 Å². The van der Waals surface area contributed by atoms with E-state index in [2.05, 4.69) is 15.1 Å². The van der Waals surface area contributed by atoms with Gasteiger partial charge in [0.05, 0.1) is 24.2 Å². The SMILES string of the molecule is CCOC(=O)c1nn(-c2nccnc2C)cc1N. The summed E-state index contributed by atoms with van der Waals surface area (Å²) >= 11 is 0. The maximum absolute atomic E-state index is 11.6. The van der Waals surface area contributed by atoms with Gasteiger partial charge in [-0.3, -0.25) is 4.98 Å². The minimum Gasteiger partial charge on any atom is -0.461 e. The highest BCUT2D eigenvalue weighted by Gasteiger charge is 2.17. The molecule has 0 bridgehead atoms. The van der Waals surface area contributed by atoms with E-state index in [9.17, 15) is 4.79 Å². The van der Waals surface area contributed by atoms with E-state index >= 15 is 0 Å². The lowest BCUT2D eigenvalue weighted by Gasteiger charge is -2.02. The van der Waals surface area contributed by atoms with Gasteiger partial charge in [0.25, 0.3) is 0 Å². The third kappa shape index (κ3) is 2.15. The van der Waals surface area contributed by atoms with E-state index in [0.29, 0.717) is 11.5 Å². The molecule has 2 aromatic heterocycles. The smallest absolute Gasteiger partial charge is 0.361 e. The lowest BCUT2D eigenvalue weighted by Crippen LogP contribution is -2.09. The summed E-state index contributed by atoms with van der Waals surface area (Å²) in [6.07, 6.45) is 4.64. The largest absolute Gasteiger partial charge is 0.461 e. The summed E-state index contributed by atoms with van der Waals surface area (Å²) in [5, 5.41) is 4.07. The number of carbonyl (C=O) groups excluding carboxylic acids is 1. The Morgan fingerprint density at radius 3 is 2.83 bits per heavy atom. The van der Waals surface area contributed by atoms with Crippen LogP contribution in [0.4, 0.5) is 5.69 Å². The first-order valence-electron chi connectivity index (χ1n) is 5.43. The van der Waals surface area contributed by atoms with Crippen LogP contribution in [0.5, 0.6) is 0 Å². The van der Waals surface area contributed by atoms with Crippen LogP contribution in [0.15, 0.2) is 18.6 Å². The summed E-state index contributed by atoms with van der Waals surface area (Å²) in [5.74, 6) is -0.0185. The minimum atomic E-state index is -0.546. The average molecular weight is 247 g/mol. The van der Waals surface area contributed by atoms with Crippen molar-refractivity contribution in [2.45, 2.75) is 13.8 Å². The number of hydrogen-bond donors (Lipinski definition) is 1. The van der Waals surface area contributed by atoms with Crippen LogP contribution in [-0.4, -0.2) is 32.3 Å². The van der Waals surface area contributed by atoms with E-state index in [4.69, 9.17) is 10.5 Å². The molecule has 0 spiro atoms. The second-order valence-electron chi connectivity index (χ2n) is 3.56. The van der Waals surface area contributed by atoms with Crippen LogP contribution in [-0.2, 0) is 4.74 Å². The number of rotatable bonds is 3. The molecule has 0 aliphatic heterocycles. The molecule has 7 nitrogen and oxygen atoms in total. The first-order valence-corrected chi connectivity index (χ1v) is 5.43. The lowest BCUT2D eigenvalue weighted by atomic mass is 10.4. The molecule has 0 aromatic carbocycles. The number of aromatic nitrogens is 4. The van der Waals surface area contributed by atoms with Gasteiger partial charge in [0.1, 0.15) is 0 Å². The van der Waals surface area contributed by atoms with Crippen molar-refractivity contribution in [3.8, 4) is 5.82 Å². The number of nitrogens with two attached hydrogens (primary N) is 1. The Labute approximate surface area is 104 Å². The Hall–Kier alpha value is -2.44. The van der Waals surface area contributed by atoms with Crippen LogP contribution in [0.2, 0.25) is 0 Å². The van der Waals surface area contributed by atoms with Crippen LogP contribution in [0, 0.1) is 6.92 Å². The van der Waals surface area contributed by atoms with Crippen LogP contribution >= 0.6 is 0 Å². The van der Waals surface area contributed by atoms with Crippen LogP contribution in [0.3, 0.4) is 0 Å². The molecule has 0 aliphatic rings. The van der Waals surface area contributed by atoms with Gasteiger partial charge >= 0.3 is 5.97 Å². The van der Waals surface area contributed by atoms with E-state index in [1.807, 2.05) is 0 Å². The normalized spacial score (nSPS) is 10.3. The fourth-order valence-corrected chi connectivity index (χ4v) is 1.48. The van der Waals surface area contributed by atoms with E-state index in [1.165, 1.54) is 10.9 Å². The maximum atomic E-state index is 11.6. The third-order valence-corrected chi connectivity index (χ3v) is 2.28. The van der Waals surface area contributed by atoms with Gasteiger partial charge in [-0.25, -0.2) is 14.5 Å². The number of nitrogen functional groups attached to an aromatic ring is 1. The number of carbonyl (C=O) groups is 1. The molecular formula is C11H13N5O2. The van der Waals surface area contributed by atoms with E-state index in [-0.39, 0.29) is 18.0 Å². The van der Waals surface area contributed by atoms with Gasteiger partial charge in [0.15, 0.2) is 11.5 Å². The quantitative estimate of drug-likeness (QED) is 0.803. The van der Waals surface area contributed by atoms with Crippen molar-refractivity contribution < 1.29 is 9.53 Å². The van der Waals surface area contributed by atoms with Crippen molar-refractivity contribution in [1.29, 1.82) is 0 Å². The van der Waals surface area contributed by atoms with E-state index in [1.54, 1.807) is 26.2 Å². The third-order valence-electron chi connectivity index (χ3n) is 2.28. The van der Waals surface area contributed by atoms with Crippen LogP contribution in [0.1, 0.15) is 23.1 Å². The van der Waals surface area contributed by atoms with Gasteiger partial charge in [-0.1, -0.05) is 0 Å². The maximum Gasteiger partial charge on any atom is 0.361 e. The molecule has 0 atom stereocenters. The molecule has 0 unspecified atom stereocenters. The van der Waals surface area contributed by atoms with Crippen molar-refractivity contribution in [2.75, 3.05) is 12.3 Å². The molecule has 2 heterocycles. The zero-order valence-corrected chi connectivity index (χ0v) is 10.1. The molecule has 2 rings (SSSR count). The summed E-state index contributed by atoms with van der Waals surface area (Å²) in [7, 11) is 0. The second kappa shape index (κ2) is 4.82. The monoisotopic (exact) mass is 247 g/mol. The molecule has 2 aromatic rings. The highest BCUT2D eigenvalue weighted by molar-refractivity contribution is 5.92. The van der Waals surface area contributed by atoms with Gasteiger partial charge in [-0.05, 0) is 13.8 Å². The Kier molecular flexibility index (Phi) is 3.22. The highest BCUT2D eigenvalue weighted by Crippen LogP contribution is 2.15. The topological polar surface area (TPSA) is 95.9 Å². The summed E-state index contributed by atoms with van der Waals surface area (Å²) in [4.78, 5) is 19.8. The van der Waals surface area contributed by atoms with Crippen molar-refractivity contribution in [3.63, 3.8) is 0 Å². The van der Waals surface area contributed by atoms with Gasteiger partial charge in [-0.2, -0.15) is 5.10 Å². The Morgan fingerprint density at radius 1 is 1.44 bits per heavy atom. The predicted molar refractivity (Wildman–Crippen MR) is 64.3 cm³/mol. The number of aryl methyl sites for hydroxylation is 1.